The van der Waals surface area contributed by atoms with Crippen molar-refractivity contribution in [2.45, 2.75) is 25.8 Å². The van der Waals surface area contributed by atoms with Gasteiger partial charge in [-0.25, -0.2) is 5.01 Å². The lowest BCUT2D eigenvalue weighted by Crippen LogP contribution is -2.50. The predicted molar refractivity (Wildman–Crippen MR) is 122 cm³/mol. The Morgan fingerprint density at radius 2 is 1.87 bits per heavy atom. The summed E-state index contributed by atoms with van der Waals surface area (Å²) >= 11 is 3.21. The van der Waals surface area contributed by atoms with Crippen LogP contribution in [0.25, 0.3) is 5.70 Å². The standard InChI is InChI=1S/C23H20N4OS2/c1-14-7-10-16(11-8-14)13-29-23-25-22(28)20-17-5-3-4-6-18(17)24-21(27(20)26-23)19-12-9-15(2)30-19/h3-12,21H,13H2,1-2H3,(H,25,26,28)/t21-/m0/s1. The fourth-order valence-corrected chi connectivity index (χ4v) is 5.21. The number of benzene rings is 2. The number of hydrogen-bond donors (Lipinski definition) is 1. The Hall–Kier alpha value is -2.90. The average molecular weight is 433 g/mol. The number of thioether (sulfide) groups is 1. The molecule has 2 aromatic carbocycles. The van der Waals surface area contributed by atoms with Crippen LogP contribution < -0.4 is 15.9 Å². The first kappa shape index (κ1) is 19.1. The number of carbonyl (C=O) groups excluding carboxylic acids is 1. The highest BCUT2D eigenvalue weighted by Gasteiger charge is 2.34. The number of aryl methyl sites for hydroxylation is 2. The van der Waals surface area contributed by atoms with Crippen molar-refractivity contribution in [3.05, 3.63) is 92.1 Å². The molecule has 1 amide bonds. The summed E-state index contributed by atoms with van der Waals surface area (Å²) in [5, 5.41) is 11.8. The summed E-state index contributed by atoms with van der Waals surface area (Å²) < 4.78 is 0. The molecule has 0 bridgehead atoms. The van der Waals surface area contributed by atoms with Crippen LogP contribution in [0.3, 0.4) is 0 Å². The lowest BCUT2D eigenvalue weighted by Gasteiger charge is -2.33. The molecule has 3 aromatic rings. The van der Waals surface area contributed by atoms with Crippen LogP contribution in [0.15, 0.2) is 70.8 Å². The van der Waals surface area contributed by atoms with E-state index in [1.54, 1.807) is 16.3 Å². The molecule has 150 valence electrons. The van der Waals surface area contributed by atoms with Gasteiger partial charge in [-0.1, -0.05) is 59.8 Å². The van der Waals surface area contributed by atoms with E-state index in [1.807, 2.05) is 24.3 Å². The lowest BCUT2D eigenvalue weighted by molar-refractivity contribution is -0.116. The van der Waals surface area contributed by atoms with Gasteiger partial charge in [-0.05, 0) is 37.6 Å². The Bertz CT molecular complexity index is 1280. The van der Waals surface area contributed by atoms with Gasteiger partial charge in [0, 0.05) is 15.8 Å². The molecule has 3 heterocycles. The summed E-state index contributed by atoms with van der Waals surface area (Å²) in [6, 6.07) is 20.3. The van der Waals surface area contributed by atoms with Gasteiger partial charge in [-0.15, -0.1) is 16.4 Å². The number of rotatable bonds is 3. The van der Waals surface area contributed by atoms with Crippen LogP contribution in [0.5, 0.6) is 0 Å². The third kappa shape index (κ3) is 3.55. The number of hydrogen-bond acceptors (Lipinski definition) is 6. The number of carbonyl (C=O) groups is 1. The summed E-state index contributed by atoms with van der Waals surface area (Å²) in [6.07, 6.45) is -0.338. The van der Waals surface area contributed by atoms with Crippen molar-refractivity contribution < 1.29 is 4.79 Å². The largest absolute Gasteiger partial charge is 0.298 e. The van der Waals surface area contributed by atoms with Crippen molar-refractivity contribution in [3.8, 4) is 0 Å². The van der Waals surface area contributed by atoms with Crippen LogP contribution in [0.1, 0.15) is 27.0 Å². The normalized spacial score (nSPS) is 17.6. The second kappa shape index (κ2) is 7.74. The molecule has 2 aliphatic heterocycles. The van der Waals surface area contributed by atoms with Crippen molar-refractivity contribution >= 4 is 39.9 Å². The molecular formula is C23H20N4OS2. The van der Waals surface area contributed by atoms with Crippen LogP contribution in [0.2, 0.25) is 0 Å². The minimum atomic E-state index is -0.338. The summed E-state index contributed by atoms with van der Waals surface area (Å²) in [6.45, 7) is 4.15. The maximum absolute atomic E-state index is 13.1. The summed E-state index contributed by atoms with van der Waals surface area (Å²) in [5.41, 5.74) is 2.97. The first-order valence-corrected chi connectivity index (χ1v) is 11.5. The summed E-state index contributed by atoms with van der Waals surface area (Å²) in [5.74, 6) is 0.594. The van der Waals surface area contributed by atoms with Gasteiger partial charge in [0.2, 0.25) is 0 Å². The number of amides is 1. The van der Waals surface area contributed by atoms with E-state index < -0.39 is 0 Å². The molecule has 0 aliphatic carbocycles. The molecule has 1 N–H and O–H groups in total. The van der Waals surface area contributed by atoms with Crippen molar-refractivity contribution in [1.82, 2.24) is 10.3 Å². The van der Waals surface area contributed by atoms with Gasteiger partial charge < -0.3 is 0 Å². The minimum absolute atomic E-state index is 0.142. The quantitative estimate of drug-likeness (QED) is 0.690. The monoisotopic (exact) mass is 432 g/mol. The van der Waals surface area contributed by atoms with Gasteiger partial charge in [-0.2, -0.15) is 0 Å². The number of nitrogens with zero attached hydrogens (tertiary/aromatic N) is 3. The van der Waals surface area contributed by atoms with E-state index in [9.17, 15) is 4.79 Å². The van der Waals surface area contributed by atoms with E-state index in [1.165, 1.54) is 27.8 Å². The van der Waals surface area contributed by atoms with E-state index in [0.717, 1.165) is 21.2 Å². The molecule has 0 fully saturated rings. The second-order valence-corrected chi connectivity index (χ2v) is 9.58. The van der Waals surface area contributed by atoms with E-state index in [-0.39, 0.29) is 12.1 Å². The molecule has 5 rings (SSSR count). The van der Waals surface area contributed by atoms with Gasteiger partial charge >= 0.3 is 0 Å². The van der Waals surface area contributed by atoms with E-state index in [0.29, 0.717) is 10.9 Å². The SMILES string of the molecule is Cc1ccc(CSC2=NN3C(=c4ccccc4=N[C@@H]3c3ccc(C)s3)C(=O)N2)cc1. The number of hydrazone groups is 1. The summed E-state index contributed by atoms with van der Waals surface area (Å²) in [7, 11) is 0. The molecule has 0 unspecified atom stereocenters. The molecule has 7 heteroatoms. The number of thiophene rings is 1. The molecule has 2 aliphatic rings. The Kier molecular flexibility index (Phi) is 4.92. The molecule has 0 saturated heterocycles. The predicted octanol–water partition coefficient (Wildman–Crippen LogP) is 3.44. The minimum Gasteiger partial charge on any atom is -0.298 e. The fraction of sp³-hybridized carbons (Fsp3) is 0.174. The lowest BCUT2D eigenvalue weighted by atomic mass is 10.1. The van der Waals surface area contributed by atoms with Crippen LogP contribution in [-0.4, -0.2) is 16.1 Å². The third-order valence-electron chi connectivity index (χ3n) is 5.03. The second-order valence-electron chi connectivity index (χ2n) is 7.30. The number of nitrogens with one attached hydrogen (secondary N) is 1. The van der Waals surface area contributed by atoms with E-state index >= 15 is 0 Å². The molecule has 0 saturated carbocycles. The molecule has 1 atom stereocenters. The van der Waals surface area contributed by atoms with Crippen LogP contribution in [-0.2, 0) is 10.5 Å². The van der Waals surface area contributed by atoms with E-state index in [4.69, 9.17) is 10.1 Å². The van der Waals surface area contributed by atoms with Crippen LogP contribution in [0, 0.1) is 13.8 Å². The molecular weight excluding hydrogens is 412 g/mol. The van der Waals surface area contributed by atoms with Crippen molar-refractivity contribution in [1.29, 1.82) is 0 Å². The molecule has 0 spiro atoms. The van der Waals surface area contributed by atoms with Crippen molar-refractivity contribution in [2.75, 3.05) is 0 Å². The number of para-hydroxylation sites is 1. The Balaban J connectivity index is 1.54. The van der Waals surface area contributed by atoms with Gasteiger partial charge in [0.25, 0.3) is 5.91 Å². The highest BCUT2D eigenvalue weighted by molar-refractivity contribution is 8.13. The van der Waals surface area contributed by atoms with Crippen LogP contribution in [0.4, 0.5) is 0 Å². The first-order valence-electron chi connectivity index (χ1n) is 9.69. The molecule has 30 heavy (non-hydrogen) atoms. The van der Waals surface area contributed by atoms with Gasteiger partial charge in [0.15, 0.2) is 11.3 Å². The maximum Gasteiger partial charge on any atom is 0.276 e. The Labute approximate surface area is 182 Å². The zero-order valence-electron chi connectivity index (χ0n) is 16.6. The van der Waals surface area contributed by atoms with Gasteiger partial charge in [0.05, 0.1) is 10.2 Å². The average Bonchev–Trinajstić information content (AvgIpc) is 3.18. The zero-order valence-corrected chi connectivity index (χ0v) is 18.3. The highest BCUT2D eigenvalue weighted by Crippen LogP contribution is 2.34. The fourth-order valence-electron chi connectivity index (χ4n) is 3.51. The summed E-state index contributed by atoms with van der Waals surface area (Å²) in [4.78, 5) is 20.3. The smallest absolute Gasteiger partial charge is 0.276 e. The first-order chi connectivity index (χ1) is 14.6. The Morgan fingerprint density at radius 1 is 1.07 bits per heavy atom. The van der Waals surface area contributed by atoms with Gasteiger partial charge in [0.1, 0.15) is 5.70 Å². The number of fused-ring (bicyclic) bond motifs is 2. The highest BCUT2D eigenvalue weighted by atomic mass is 32.2. The van der Waals surface area contributed by atoms with Crippen molar-refractivity contribution in [3.63, 3.8) is 0 Å². The maximum atomic E-state index is 13.1. The molecule has 1 aromatic heterocycles. The molecule has 5 nitrogen and oxygen atoms in total. The number of amidine groups is 1. The van der Waals surface area contributed by atoms with Crippen molar-refractivity contribution in [2.24, 2.45) is 10.1 Å². The Morgan fingerprint density at radius 3 is 2.63 bits per heavy atom. The molecule has 0 radical (unpaired) electrons. The zero-order chi connectivity index (χ0) is 20.7. The topological polar surface area (TPSA) is 57.1 Å². The van der Waals surface area contributed by atoms with E-state index in [2.05, 4.69) is 55.6 Å². The van der Waals surface area contributed by atoms with Crippen LogP contribution >= 0.6 is 23.1 Å². The third-order valence-corrected chi connectivity index (χ3v) is 7.00. The van der Waals surface area contributed by atoms with Gasteiger partial charge in [-0.3, -0.25) is 15.1 Å².